The maximum Gasteiger partial charge on any atom is 0.246 e. The number of Topliss-reactive ketones (excluding diaryl/α,β-unsaturated/α-hetero) is 1. The molecule has 1 N–H and O–H groups in total. The second-order valence-corrected chi connectivity index (χ2v) is 13.0. The fourth-order valence-electron chi connectivity index (χ4n) is 5.69. The van der Waals surface area contributed by atoms with E-state index >= 15 is 0 Å². The number of aliphatic hydroxyl groups excluding tert-OH is 1. The largest absolute Gasteiger partial charge is 0.449 e. The first-order chi connectivity index (χ1) is 18.6. The molecular formula is C30H32N2O6S. The molecule has 2 fully saturated rings. The van der Waals surface area contributed by atoms with E-state index in [1.54, 1.807) is 24.3 Å². The first-order valence-corrected chi connectivity index (χ1v) is 14.8. The highest BCUT2D eigenvalue weighted by Gasteiger charge is 2.51. The Hall–Kier alpha value is -3.27. The second kappa shape index (κ2) is 9.43. The number of ether oxygens (including phenoxy) is 2. The van der Waals surface area contributed by atoms with Crippen LogP contribution in [0.4, 0.5) is 0 Å². The van der Waals surface area contributed by atoms with Crippen molar-refractivity contribution in [2.45, 2.75) is 68.1 Å². The molecule has 6 rings (SSSR count). The molecule has 1 aliphatic carbocycles. The summed E-state index contributed by atoms with van der Waals surface area (Å²) in [4.78, 5) is 18.4. The highest BCUT2D eigenvalue weighted by molar-refractivity contribution is 7.89. The van der Waals surface area contributed by atoms with Crippen LogP contribution in [0.2, 0.25) is 0 Å². The molecule has 3 aromatic rings. The Kier molecular flexibility index (Phi) is 6.28. The summed E-state index contributed by atoms with van der Waals surface area (Å²) in [5.74, 6) is 0.758. The van der Waals surface area contributed by atoms with Crippen LogP contribution in [0.1, 0.15) is 50.8 Å². The van der Waals surface area contributed by atoms with E-state index in [0.29, 0.717) is 35.9 Å². The van der Waals surface area contributed by atoms with E-state index in [1.165, 1.54) is 4.31 Å². The molecule has 2 aliphatic heterocycles. The van der Waals surface area contributed by atoms with Crippen molar-refractivity contribution in [1.82, 2.24) is 9.29 Å². The van der Waals surface area contributed by atoms with Gasteiger partial charge >= 0.3 is 0 Å². The lowest BCUT2D eigenvalue weighted by molar-refractivity contribution is -0.120. The van der Waals surface area contributed by atoms with Gasteiger partial charge in [-0.1, -0.05) is 24.3 Å². The molecule has 8 nitrogen and oxygen atoms in total. The summed E-state index contributed by atoms with van der Waals surface area (Å²) >= 11 is 0. The van der Waals surface area contributed by atoms with Crippen molar-refractivity contribution in [3.05, 3.63) is 71.9 Å². The fourth-order valence-corrected chi connectivity index (χ4v) is 7.37. The Morgan fingerprint density at radius 3 is 2.51 bits per heavy atom. The van der Waals surface area contributed by atoms with Gasteiger partial charge in [-0.25, -0.2) is 8.42 Å². The Morgan fingerprint density at radius 2 is 1.79 bits per heavy atom. The molecule has 0 amide bonds. The summed E-state index contributed by atoms with van der Waals surface area (Å²) < 4.78 is 39.2. The molecule has 0 unspecified atom stereocenters. The number of carbonyl (C=O) groups excluding carboxylic acids is 1. The van der Waals surface area contributed by atoms with Gasteiger partial charge in [0.2, 0.25) is 15.8 Å². The third-order valence-corrected chi connectivity index (χ3v) is 9.90. The lowest BCUT2D eigenvalue weighted by atomic mass is 9.88. The summed E-state index contributed by atoms with van der Waals surface area (Å²) in [6.45, 7) is 3.95. The molecule has 0 bridgehead atoms. The summed E-state index contributed by atoms with van der Waals surface area (Å²) in [6.07, 6.45) is 3.19. The highest BCUT2D eigenvalue weighted by Crippen LogP contribution is 2.52. The molecule has 1 atom stereocenters. The van der Waals surface area contributed by atoms with E-state index in [0.717, 1.165) is 30.4 Å². The van der Waals surface area contributed by atoms with Gasteiger partial charge in [0, 0.05) is 44.1 Å². The van der Waals surface area contributed by atoms with Crippen LogP contribution in [0.5, 0.6) is 11.5 Å². The van der Waals surface area contributed by atoms with Crippen LogP contribution in [0.25, 0.3) is 11.3 Å². The third kappa shape index (κ3) is 4.73. The van der Waals surface area contributed by atoms with Crippen LogP contribution in [0.15, 0.2) is 65.6 Å². The SMILES string of the molecule is CC1(C)Oc2ccc(C3(C(=O)Cc4cccc(-c5ccc(S(=O)(=O)N6CCC[C@@H]6CO)cc5)n4)CC3)cc2O1. The van der Waals surface area contributed by atoms with E-state index in [4.69, 9.17) is 14.5 Å². The van der Waals surface area contributed by atoms with Crippen molar-refractivity contribution in [3.8, 4) is 22.8 Å². The van der Waals surface area contributed by atoms with Crippen LogP contribution >= 0.6 is 0 Å². The zero-order valence-electron chi connectivity index (χ0n) is 22.1. The molecule has 1 aromatic heterocycles. The molecule has 3 aliphatic rings. The number of aliphatic hydroxyl groups is 1. The summed E-state index contributed by atoms with van der Waals surface area (Å²) in [5, 5.41) is 9.55. The van der Waals surface area contributed by atoms with Crippen LogP contribution < -0.4 is 9.47 Å². The smallest absolute Gasteiger partial charge is 0.246 e. The molecule has 9 heteroatoms. The summed E-state index contributed by atoms with van der Waals surface area (Å²) in [5.41, 5.74) is 2.53. The number of hydrogen-bond acceptors (Lipinski definition) is 7. The van der Waals surface area contributed by atoms with E-state index in [-0.39, 0.29) is 29.7 Å². The number of rotatable bonds is 8. The quantitative estimate of drug-likeness (QED) is 0.449. The van der Waals surface area contributed by atoms with Crippen molar-refractivity contribution in [3.63, 3.8) is 0 Å². The van der Waals surface area contributed by atoms with Gasteiger partial charge in [-0.3, -0.25) is 9.78 Å². The van der Waals surface area contributed by atoms with Gasteiger partial charge in [0.25, 0.3) is 0 Å². The van der Waals surface area contributed by atoms with Gasteiger partial charge in [-0.2, -0.15) is 4.31 Å². The number of sulfonamides is 1. The molecule has 204 valence electrons. The maximum atomic E-state index is 13.5. The zero-order chi connectivity index (χ0) is 27.4. The van der Waals surface area contributed by atoms with Gasteiger partial charge < -0.3 is 14.6 Å². The van der Waals surface area contributed by atoms with E-state index < -0.39 is 21.2 Å². The summed E-state index contributed by atoms with van der Waals surface area (Å²) in [6, 6.07) is 17.6. The molecule has 39 heavy (non-hydrogen) atoms. The number of hydrogen-bond donors (Lipinski definition) is 1. The average molecular weight is 549 g/mol. The molecule has 2 aromatic carbocycles. The molecule has 1 saturated carbocycles. The third-order valence-electron chi connectivity index (χ3n) is 7.93. The minimum Gasteiger partial charge on any atom is -0.449 e. The molecule has 1 saturated heterocycles. The maximum absolute atomic E-state index is 13.5. The predicted molar refractivity (Wildman–Crippen MR) is 145 cm³/mol. The first kappa shape index (κ1) is 26.0. The Bertz CT molecular complexity index is 1530. The normalized spacial score (nSPS) is 21.2. The minimum atomic E-state index is -3.68. The average Bonchev–Trinajstić information content (AvgIpc) is 3.47. The topological polar surface area (TPSA) is 106 Å². The number of aromatic nitrogens is 1. The number of benzene rings is 2. The van der Waals surface area contributed by atoms with Gasteiger partial charge in [0.15, 0.2) is 11.5 Å². The summed E-state index contributed by atoms with van der Waals surface area (Å²) in [7, 11) is -3.68. The van der Waals surface area contributed by atoms with Gasteiger partial charge in [0.1, 0.15) is 5.78 Å². The Morgan fingerprint density at radius 1 is 1.05 bits per heavy atom. The molecule has 0 radical (unpaired) electrons. The zero-order valence-corrected chi connectivity index (χ0v) is 22.9. The number of ketones is 1. The van der Waals surface area contributed by atoms with E-state index in [9.17, 15) is 18.3 Å². The van der Waals surface area contributed by atoms with Crippen LogP contribution in [0.3, 0.4) is 0 Å². The second-order valence-electron chi connectivity index (χ2n) is 11.1. The van der Waals surface area contributed by atoms with Crippen LogP contribution in [-0.4, -0.2) is 53.6 Å². The monoisotopic (exact) mass is 548 g/mol. The molecule has 3 heterocycles. The standard InChI is InChI=1S/C30H32N2O6S/c1-29(2)37-26-13-10-21(17-27(26)38-29)30(14-15-30)28(34)18-22-5-3-7-25(31-22)20-8-11-24(12-9-20)39(35,36)32-16-4-6-23(32)19-33/h3,5,7-13,17,23,33H,4,6,14-16,18-19H2,1-2H3/t23-/m1/s1. The van der Waals surface area contributed by atoms with Gasteiger partial charge in [0.05, 0.1) is 22.6 Å². The predicted octanol–water partition coefficient (Wildman–Crippen LogP) is 4.24. The fraction of sp³-hybridized carbons (Fsp3) is 0.400. The van der Waals surface area contributed by atoms with E-state index in [1.807, 2.05) is 50.2 Å². The van der Waals surface area contributed by atoms with E-state index in [2.05, 4.69) is 0 Å². The first-order valence-electron chi connectivity index (χ1n) is 13.4. The number of fused-ring (bicyclic) bond motifs is 1. The van der Waals surface area contributed by atoms with Crippen molar-refractivity contribution >= 4 is 15.8 Å². The molecule has 0 spiro atoms. The van der Waals surface area contributed by atoms with Crippen molar-refractivity contribution in [2.75, 3.05) is 13.2 Å². The number of carbonyl (C=O) groups is 1. The number of nitrogens with zero attached hydrogens (tertiary/aromatic N) is 2. The van der Waals surface area contributed by atoms with Crippen LogP contribution in [0, 0.1) is 0 Å². The minimum absolute atomic E-state index is 0.121. The lowest BCUT2D eigenvalue weighted by Gasteiger charge is -2.22. The van der Waals surface area contributed by atoms with Crippen LogP contribution in [-0.2, 0) is 26.7 Å². The van der Waals surface area contributed by atoms with Gasteiger partial charge in [-0.05, 0) is 67.6 Å². The Labute approximate surface area is 228 Å². The van der Waals surface area contributed by atoms with Gasteiger partial charge in [-0.15, -0.1) is 0 Å². The van der Waals surface area contributed by atoms with Crippen molar-refractivity contribution < 1.29 is 27.8 Å². The van der Waals surface area contributed by atoms with Crippen molar-refractivity contribution in [2.24, 2.45) is 0 Å². The molecular weight excluding hydrogens is 516 g/mol. The lowest BCUT2D eigenvalue weighted by Crippen LogP contribution is -2.37. The Balaban J connectivity index is 1.18. The van der Waals surface area contributed by atoms with Crippen molar-refractivity contribution in [1.29, 1.82) is 0 Å². The highest BCUT2D eigenvalue weighted by atomic mass is 32.2. The number of pyridine rings is 1.